The van der Waals surface area contributed by atoms with Gasteiger partial charge in [0.15, 0.2) is 5.78 Å². The van der Waals surface area contributed by atoms with E-state index in [9.17, 15) is 22.8 Å². The zero-order chi connectivity index (χ0) is 23.6. The number of hydrogen-bond donors (Lipinski definition) is 2. The van der Waals surface area contributed by atoms with E-state index < -0.39 is 15.9 Å². The Kier molecular flexibility index (Phi) is 6.76. The fraction of sp³-hybridized carbons (Fsp3) is 0.348. The van der Waals surface area contributed by atoms with Crippen LogP contribution in [0.15, 0.2) is 52.3 Å². The minimum absolute atomic E-state index is 0.00406. The van der Waals surface area contributed by atoms with Crippen LogP contribution in [0.5, 0.6) is 0 Å². The molecule has 33 heavy (non-hydrogen) atoms. The lowest BCUT2D eigenvalue weighted by Crippen LogP contribution is -2.33. The second-order valence-corrected chi connectivity index (χ2v) is 10.9. The van der Waals surface area contributed by atoms with Gasteiger partial charge in [-0.05, 0) is 62.2 Å². The number of fused-ring (bicyclic) bond motifs is 1. The predicted octanol–water partition coefficient (Wildman–Crippen LogP) is 3.36. The highest BCUT2D eigenvalue weighted by Gasteiger charge is 2.30. The summed E-state index contributed by atoms with van der Waals surface area (Å²) in [7, 11) is -3.91. The summed E-state index contributed by atoms with van der Waals surface area (Å²) in [6.45, 7) is 2.92. The van der Waals surface area contributed by atoms with Gasteiger partial charge in [-0.2, -0.15) is 0 Å². The van der Waals surface area contributed by atoms with Gasteiger partial charge in [-0.15, -0.1) is 11.8 Å². The van der Waals surface area contributed by atoms with Crippen molar-refractivity contribution in [2.45, 2.75) is 36.0 Å². The van der Waals surface area contributed by atoms with Crippen molar-refractivity contribution in [2.24, 2.45) is 5.92 Å². The van der Waals surface area contributed by atoms with Crippen molar-refractivity contribution in [3.05, 3.63) is 48.0 Å². The highest BCUT2D eigenvalue weighted by molar-refractivity contribution is 7.99. The topological polar surface area (TPSA) is 113 Å². The van der Waals surface area contributed by atoms with E-state index in [0.717, 1.165) is 30.8 Å². The molecule has 0 spiro atoms. The molecule has 2 amide bonds. The highest BCUT2D eigenvalue weighted by Crippen LogP contribution is 2.35. The Morgan fingerprint density at radius 3 is 2.48 bits per heavy atom. The average Bonchev–Trinajstić information content (AvgIpc) is 3.27. The molecular weight excluding hydrogens is 462 g/mol. The van der Waals surface area contributed by atoms with Gasteiger partial charge in [0.25, 0.3) is 10.0 Å². The highest BCUT2D eigenvalue weighted by atomic mass is 32.2. The minimum Gasteiger partial charge on any atom is -0.343 e. The second kappa shape index (κ2) is 9.56. The molecule has 1 fully saturated rings. The van der Waals surface area contributed by atoms with Crippen LogP contribution in [0.2, 0.25) is 0 Å². The fourth-order valence-electron chi connectivity index (χ4n) is 3.85. The van der Waals surface area contributed by atoms with Crippen molar-refractivity contribution in [2.75, 3.05) is 28.9 Å². The maximum Gasteiger partial charge on any atom is 0.261 e. The molecule has 2 heterocycles. The lowest BCUT2D eigenvalue weighted by molar-refractivity contribution is -0.133. The van der Waals surface area contributed by atoms with Crippen LogP contribution in [0.3, 0.4) is 0 Å². The third kappa shape index (κ3) is 5.39. The number of nitrogens with one attached hydrogen (secondary N) is 2. The first-order valence-electron chi connectivity index (χ1n) is 10.7. The number of thioether (sulfide) groups is 1. The number of hydrogen-bond acceptors (Lipinski definition) is 6. The van der Waals surface area contributed by atoms with Crippen LogP contribution in [0.1, 0.15) is 36.5 Å². The van der Waals surface area contributed by atoms with Gasteiger partial charge in [0, 0.05) is 41.4 Å². The Hall–Kier alpha value is -2.85. The van der Waals surface area contributed by atoms with Crippen LogP contribution in [0.25, 0.3) is 0 Å². The number of anilines is 2. The van der Waals surface area contributed by atoms with Gasteiger partial charge in [-0.3, -0.25) is 19.1 Å². The number of likely N-dealkylation sites (tertiary alicyclic amines) is 1. The Bertz CT molecular complexity index is 1190. The summed E-state index contributed by atoms with van der Waals surface area (Å²) < 4.78 is 28.3. The standard InChI is InChI=1S/C23H25N3O5S2/c1-15(27)16-4-6-18(7-5-16)25-33(30,31)19-8-9-21-20(13-19)24-23(29)17(14-32-21)12-22(28)26-10-2-3-11-26/h4-9,13,17,25H,2-3,10-12,14H2,1H3,(H,24,29). The molecule has 0 aliphatic carbocycles. The first-order valence-corrected chi connectivity index (χ1v) is 13.2. The summed E-state index contributed by atoms with van der Waals surface area (Å²) >= 11 is 1.43. The normalized spacial score (nSPS) is 18.3. The number of ketones is 1. The van der Waals surface area contributed by atoms with E-state index in [1.807, 2.05) is 0 Å². The van der Waals surface area contributed by atoms with Gasteiger partial charge in [-0.25, -0.2) is 8.42 Å². The van der Waals surface area contributed by atoms with E-state index >= 15 is 0 Å². The molecule has 0 radical (unpaired) electrons. The summed E-state index contributed by atoms with van der Waals surface area (Å²) in [4.78, 5) is 39.2. The number of carbonyl (C=O) groups excluding carboxylic acids is 3. The molecule has 2 aromatic rings. The Balaban J connectivity index is 1.48. The summed E-state index contributed by atoms with van der Waals surface area (Å²) in [5.41, 5.74) is 1.23. The summed E-state index contributed by atoms with van der Waals surface area (Å²) in [5.74, 6) is -0.429. The van der Waals surface area contributed by atoms with Crippen LogP contribution in [-0.2, 0) is 19.6 Å². The van der Waals surface area contributed by atoms with Crippen LogP contribution < -0.4 is 10.0 Å². The molecule has 4 rings (SSSR count). The molecule has 1 saturated heterocycles. The molecule has 8 nitrogen and oxygen atoms in total. The van der Waals surface area contributed by atoms with E-state index in [0.29, 0.717) is 22.7 Å². The SMILES string of the molecule is CC(=O)c1ccc(NS(=O)(=O)c2ccc3c(c2)NC(=O)C(CC(=O)N2CCCC2)CS3)cc1. The summed E-state index contributed by atoms with van der Waals surface area (Å²) in [6, 6.07) is 10.7. The van der Waals surface area contributed by atoms with Crippen molar-refractivity contribution in [1.29, 1.82) is 0 Å². The van der Waals surface area contributed by atoms with Gasteiger partial charge in [0.05, 0.1) is 16.5 Å². The molecule has 10 heteroatoms. The van der Waals surface area contributed by atoms with E-state index in [1.165, 1.54) is 43.0 Å². The first-order chi connectivity index (χ1) is 15.7. The fourth-order valence-corrected chi connectivity index (χ4v) is 6.01. The zero-order valence-electron chi connectivity index (χ0n) is 18.2. The lowest BCUT2D eigenvalue weighted by Gasteiger charge is -2.18. The lowest BCUT2D eigenvalue weighted by atomic mass is 10.1. The molecule has 0 bridgehead atoms. The van der Waals surface area contributed by atoms with Crippen molar-refractivity contribution >= 4 is 50.8 Å². The molecule has 0 aromatic heterocycles. The largest absolute Gasteiger partial charge is 0.343 e. The number of amides is 2. The molecule has 2 aliphatic heterocycles. The number of Topliss-reactive ketones (excluding diaryl/α,β-unsaturated/α-hetero) is 1. The van der Waals surface area contributed by atoms with Crippen molar-refractivity contribution in [3.8, 4) is 0 Å². The van der Waals surface area contributed by atoms with E-state index in [1.54, 1.807) is 23.1 Å². The minimum atomic E-state index is -3.91. The molecule has 174 valence electrons. The molecule has 0 saturated carbocycles. The number of rotatable bonds is 6. The van der Waals surface area contributed by atoms with Gasteiger partial charge in [0.1, 0.15) is 0 Å². The van der Waals surface area contributed by atoms with Crippen molar-refractivity contribution in [3.63, 3.8) is 0 Å². The van der Waals surface area contributed by atoms with Crippen molar-refractivity contribution < 1.29 is 22.8 Å². The number of carbonyl (C=O) groups is 3. The van der Waals surface area contributed by atoms with Crippen LogP contribution in [-0.4, -0.2) is 49.8 Å². The van der Waals surface area contributed by atoms with Gasteiger partial charge in [-0.1, -0.05) is 0 Å². The maximum atomic E-state index is 12.9. The van der Waals surface area contributed by atoms with Gasteiger partial charge in [0.2, 0.25) is 11.8 Å². The molecule has 1 unspecified atom stereocenters. The quantitative estimate of drug-likeness (QED) is 0.604. The molecule has 1 atom stereocenters. The van der Waals surface area contributed by atoms with E-state index in [-0.39, 0.29) is 28.9 Å². The molecule has 2 aliphatic rings. The third-order valence-electron chi connectivity index (χ3n) is 5.75. The number of benzene rings is 2. The predicted molar refractivity (Wildman–Crippen MR) is 127 cm³/mol. The Morgan fingerprint density at radius 1 is 1.12 bits per heavy atom. The molecular formula is C23H25N3O5S2. The number of sulfonamides is 1. The van der Waals surface area contributed by atoms with Crippen LogP contribution >= 0.6 is 11.8 Å². The van der Waals surface area contributed by atoms with Gasteiger partial charge >= 0.3 is 0 Å². The van der Waals surface area contributed by atoms with E-state index in [2.05, 4.69) is 10.0 Å². The third-order valence-corrected chi connectivity index (χ3v) is 8.37. The summed E-state index contributed by atoms with van der Waals surface area (Å²) in [5, 5.41) is 2.80. The second-order valence-electron chi connectivity index (χ2n) is 8.19. The first kappa shape index (κ1) is 23.3. The monoisotopic (exact) mass is 487 g/mol. The maximum absolute atomic E-state index is 12.9. The molecule has 2 N–H and O–H groups in total. The van der Waals surface area contributed by atoms with E-state index in [4.69, 9.17) is 0 Å². The Labute approximate surface area is 197 Å². The molecule has 2 aromatic carbocycles. The zero-order valence-corrected chi connectivity index (χ0v) is 19.8. The van der Waals surface area contributed by atoms with Gasteiger partial charge < -0.3 is 10.2 Å². The number of nitrogens with zero attached hydrogens (tertiary/aromatic N) is 1. The summed E-state index contributed by atoms with van der Waals surface area (Å²) in [6.07, 6.45) is 2.14. The van der Waals surface area contributed by atoms with Crippen LogP contribution in [0.4, 0.5) is 11.4 Å². The van der Waals surface area contributed by atoms with Crippen LogP contribution in [0, 0.1) is 5.92 Å². The average molecular weight is 488 g/mol. The van der Waals surface area contributed by atoms with Crippen molar-refractivity contribution in [1.82, 2.24) is 4.90 Å². The Morgan fingerprint density at radius 2 is 1.82 bits per heavy atom. The smallest absolute Gasteiger partial charge is 0.261 e.